The van der Waals surface area contributed by atoms with Gasteiger partial charge in [-0.3, -0.25) is 0 Å². The molecular formula is C13H20FNS. The maximum absolute atomic E-state index is 12.6. The molecule has 1 aromatic carbocycles. The summed E-state index contributed by atoms with van der Waals surface area (Å²) in [5.41, 5.74) is 0. The van der Waals surface area contributed by atoms with E-state index < -0.39 is 0 Å². The Bertz CT molecular complexity index is 286. The van der Waals surface area contributed by atoms with Crippen molar-refractivity contribution >= 4 is 11.8 Å². The fourth-order valence-corrected chi connectivity index (χ4v) is 2.44. The molecule has 0 spiro atoms. The molecule has 0 saturated carbocycles. The van der Waals surface area contributed by atoms with Gasteiger partial charge in [-0.15, -0.1) is 11.8 Å². The molecule has 0 radical (unpaired) electrons. The normalized spacial score (nSPS) is 12.7. The summed E-state index contributed by atoms with van der Waals surface area (Å²) in [6.45, 7) is 5.38. The Morgan fingerprint density at radius 3 is 2.62 bits per heavy atom. The van der Waals surface area contributed by atoms with E-state index in [4.69, 9.17) is 0 Å². The lowest BCUT2D eigenvalue weighted by atomic mass is 10.2. The van der Waals surface area contributed by atoms with Crippen LogP contribution in [0.5, 0.6) is 0 Å². The quantitative estimate of drug-likeness (QED) is 0.577. The van der Waals surface area contributed by atoms with Crippen LogP contribution < -0.4 is 5.32 Å². The second-order valence-electron chi connectivity index (χ2n) is 3.90. The second-order valence-corrected chi connectivity index (χ2v) is 5.07. The van der Waals surface area contributed by atoms with Crippen molar-refractivity contribution in [1.82, 2.24) is 5.32 Å². The van der Waals surface area contributed by atoms with Gasteiger partial charge in [0.1, 0.15) is 5.82 Å². The first-order chi connectivity index (χ1) is 7.72. The van der Waals surface area contributed by atoms with Crippen LogP contribution in [0.3, 0.4) is 0 Å². The van der Waals surface area contributed by atoms with Gasteiger partial charge in [0.05, 0.1) is 0 Å². The highest BCUT2D eigenvalue weighted by Gasteiger charge is 2.00. The Hall–Kier alpha value is -0.540. The standard InChI is InChI=1S/C13H20FNS/c1-3-15-11(2)5-4-10-16-13-8-6-12(14)7-9-13/h6-9,11,15H,3-5,10H2,1-2H3. The van der Waals surface area contributed by atoms with Gasteiger partial charge in [-0.1, -0.05) is 6.92 Å². The fraction of sp³-hybridized carbons (Fsp3) is 0.538. The van der Waals surface area contributed by atoms with Crippen molar-refractivity contribution in [2.24, 2.45) is 0 Å². The summed E-state index contributed by atoms with van der Waals surface area (Å²) >= 11 is 1.79. The summed E-state index contributed by atoms with van der Waals surface area (Å²) < 4.78 is 12.6. The van der Waals surface area contributed by atoms with Gasteiger partial charge in [0, 0.05) is 10.9 Å². The lowest BCUT2D eigenvalue weighted by molar-refractivity contribution is 0.526. The Morgan fingerprint density at radius 1 is 1.31 bits per heavy atom. The molecule has 1 N–H and O–H groups in total. The first kappa shape index (κ1) is 13.5. The number of benzene rings is 1. The van der Waals surface area contributed by atoms with E-state index in [1.54, 1.807) is 11.8 Å². The molecule has 0 heterocycles. The third kappa shape index (κ3) is 5.52. The SMILES string of the molecule is CCNC(C)CCCSc1ccc(F)cc1. The van der Waals surface area contributed by atoms with E-state index in [2.05, 4.69) is 19.2 Å². The zero-order chi connectivity index (χ0) is 11.8. The molecule has 0 aromatic heterocycles. The van der Waals surface area contributed by atoms with Crippen LogP contribution in [0.25, 0.3) is 0 Å². The van der Waals surface area contributed by atoms with Gasteiger partial charge < -0.3 is 5.32 Å². The van der Waals surface area contributed by atoms with Gasteiger partial charge in [0.2, 0.25) is 0 Å². The number of thioether (sulfide) groups is 1. The molecule has 0 saturated heterocycles. The maximum atomic E-state index is 12.6. The van der Waals surface area contributed by atoms with Crippen molar-refractivity contribution in [2.45, 2.75) is 37.6 Å². The van der Waals surface area contributed by atoms with Crippen LogP contribution in [-0.2, 0) is 0 Å². The van der Waals surface area contributed by atoms with Crippen LogP contribution in [0, 0.1) is 5.82 Å². The lowest BCUT2D eigenvalue weighted by Gasteiger charge is -2.11. The van der Waals surface area contributed by atoms with Crippen LogP contribution in [-0.4, -0.2) is 18.3 Å². The molecule has 0 aliphatic heterocycles. The number of nitrogens with one attached hydrogen (secondary N) is 1. The van der Waals surface area contributed by atoms with Gasteiger partial charge in [0.15, 0.2) is 0 Å². The van der Waals surface area contributed by atoms with Crippen LogP contribution in [0.4, 0.5) is 4.39 Å². The van der Waals surface area contributed by atoms with E-state index in [0.717, 1.165) is 17.2 Å². The highest BCUT2D eigenvalue weighted by atomic mass is 32.2. The summed E-state index contributed by atoms with van der Waals surface area (Å²) in [6.07, 6.45) is 2.39. The molecule has 1 unspecified atom stereocenters. The Labute approximate surface area is 102 Å². The van der Waals surface area contributed by atoms with Gasteiger partial charge in [-0.05, 0) is 56.3 Å². The monoisotopic (exact) mass is 241 g/mol. The zero-order valence-corrected chi connectivity index (χ0v) is 10.8. The molecule has 1 aromatic rings. The Balaban J connectivity index is 2.13. The van der Waals surface area contributed by atoms with Crippen molar-refractivity contribution in [3.05, 3.63) is 30.1 Å². The van der Waals surface area contributed by atoms with Crippen LogP contribution >= 0.6 is 11.8 Å². The Kier molecular flexibility index (Phi) is 6.50. The van der Waals surface area contributed by atoms with E-state index in [1.807, 2.05) is 12.1 Å². The van der Waals surface area contributed by atoms with Gasteiger partial charge >= 0.3 is 0 Å². The average Bonchev–Trinajstić information content (AvgIpc) is 2.27. The zero-order valence-electron chi connectivity index (χ0n) is 10.0. The summed E-state index contributed by atoms with van der Waals surface area (Å²) in [5.74, 6) is 0.937. The fourth-order valence-electron chi connectivity index (χ4n) is 1.56. The highest BCUT2D eigenvalue weighted by Crippen LogP contribution is 2.19. The molecule has 0 aliphatic carbocycles. The van der Waals surface area contributed by atoms with Crippen molar-refractivity contribution in [1.29, 1.82) is 0 Å². The van der Waals surface area contributed by atoms with Crippen molar-refractivity contribution in [3.63, 3.8) is 0 Å². The Morgan fingerprint density at radius 2 is 2.00 bits per heavy atom. The number of hydrogen-bond donors (Lipinski definition) is 1. The van der Waals surface area contributed by atoms with Crippen LogP contribution in [0.2, 0.25) is 0 Å². The third-order valence-electron chi connectivity index (χ3n) is 2.42. The maximum Gasteiger partial charge on any atom is 0.123 e. The van der Waals surface area contributed by atoms with E-state index in [-0.39, 0.29) is 5.82 Å². The third-order valence-corrected chi connectivity index (χ3v) is 3.51. The average molecular weight is 241 g/mol. The van der Waals surface area contributed by atoms with Crippen molar-refractivity contribution < 1.29 is 4.39 Å². The lowest BCUT2D eigenvalue weighted by Crippen LogP contribution is -2.25. The first-order valence-corrected chi connectivity index (χ1v) is 6.82. The minimum atomic E-state index is -0.162. The van der Waals surface area contributed by atoms with Crippen molar-refractivity contribution in [3.8, 4) is 0 Å². The summed E-state index contributed by atoms with van der Waals surface area (Å²) in [4.78, 5) is 1.15. The molecule has 0 fully saturated rings. The molecule has 16 heavy (non-hydrogen) atoms. The molecule has 1 nitrogen and oxygen atoms in total. The van der Waals surface area contributed by atoms with Gasteiger partial charge in [-0.25, -0.2) is 4.39 Å². The van der Waals surface area contributed by atoms with Crippen molar-refractivity contribution in [2.75, 3.05) is 12.3 Å². The van der Waals surface area contributed by atoms with E-state index >= 15 is 0 Å². The largest absolute Gasteiger partial charge is 0.315 e. The summed E-state index contributed by atoms with van der Waals surface area (Å²) in [6, 6.07) is 7.31. The predicted molar refractivity (Wildman–Crippen MR) is 69.5 cm³/mol. The summed E-state index contributed by atoms with van der Waals surface area (Å²) in [7, 11) is 0. The number of halogens is 1. The first-order valence-electron chi connectivity index (χ1n) is 5.84. The number of rotatable bonds is 7. The molecule has 0 bridgehead atoms. The number of hydrogen-bond acceptors (Lipinski definition) is 2. The van der Waals surface area contributed by atoms with Crippen LogP contribution in [0.15, 0.2) is 29.2 Å². The molecular weight excluding hydrogens is 221 g/mol. The second kappa shape index (κ2) is 7.69. The van der Waals surface area contributed by atoms with E-state index in [9.17, 15) is 4.39 Å². The molecule has 3 heteroatoms. The molecule has 90 valence electrons. The minimum absolute atomic E-state index is 0.162. The molecule has 0 aliphatic rings. The molecule has 1 rings (SSSR count). The smallest absolute Gasteiger partial charge is 0.123 e. The topological polar surface area (TPSA) is 12.0 Å². The van der Waals surface area contributed by atoms with E-state index in [1.165, 1.54) is 25.0 Å². The minimum Gasteiger partial charge on any atom is -0.315 e. The van der Waals surface area contributed by atoms with E-state index in [0.29, 0.717) is 6.04 Å². The van der Waals surface area contributed by atoms with Gasteiger partial charge in [0.25, 0.3) is 0 Å². The molecule has 1 atom stereocenters. The summed E-state index contributed by atoms with van der Waals surface area (Å²) in [5, 5.41) is 3.39. The molecule has 0 amide bonds. The van der Waals surface area contributed by atoms with Crippen LogP contribution in [0.1, 0.15) is 26.7 Å². The van der Waals surface area contributed by atoms with Gasteiger partial charge in [-0.2, -0.15) is 0 Å². The highest BCUT2D eigenvalue weighted by molar-refractivity contribution is 7.99. The predicted octanol–water partition coefficient (Wildman–Crippen LogP) is 3.70.